The van der Waals surface area contributed by atoms with Crippen LogP contribution in [0.4, 0.5) is 0 Å². The third-order valence-electron chi connectivity index (χ3n) is 7.78. The summed E-state index contributed by atoms with van der Waals surface area (Å²) in [5.41, 5.74) is 2.54. The largest absolute Gasteiger partial charge is 0.464 e. The third kappa shape index (κ3) is 5.97. The van der Waals surface area contributed by atoms with Crippen LogP contribution in [0.5, 0.6) is 0 Å². The molecule has 1 amide bonds. The van der Waals surface area contributed by atoms with E-state index in [1.54, 1.807) is 0 Å². The highest BCUT2D eigenvalue weighted by atomic mass is 16.6. The molecule has 0 aromatic carbocycles. The molecule has 0 radical (unpaired) electrons. The lowest BCUT2D eigenvalue weighted by Crippen LogP contribution is -2.41. The van der Waals surface area contributed by atoms with Crippen molar-refractivity contribution in [1.29, 1.82) is 0 Å². The van der Waals surface area contributed by atoms with Crippen molar-refractivity contribution in [3.8, 4) is 11.3 Å². The van der Waals surface area contributed by atoms with Crippen LogP contribution in [0, 0.1) is 5.92 Å². The number of nitrogens with zero attached hydrogens (tertiary/aromatic N) is 1. The highest BCUT2D eigenvalue weighted by molar-refractivity contribution is 5.76. The molecule has 2 saturated heterocycles. The van der Waals surface area contributed by atoms with Gasteiger partial charge in [-0.1, -0.05) is 18.6 Å². The molecule has 0 aromatic rings. The maximum Gasteiger partial charge on any atom is 0.222 e. The van der Waals surface area contributed by atoms with Gasteiger partial charge in [-0.3, -0.25) is 9.69 Å². The van der Waals surface area contributed by atoms with Gasteiger partial charge in [0.25, 0.3) is 0 Å². The number of hydrogen-bond acceptors (Lipinski definition) is 5. The number of fused-ring (bicyclic) bond motifs is 1. The van der Waals surface area contributed by atoms with Crippen LogP contribution in [0.2, 0.25) is 0 Å². The molecule has 3 aliphatic heterocycles. The minimum atomic E-state index is -0.0831. The molecule has 3 heterocycles. The van der Waals surface area contributed by atoms with Crippen LogP contribution < -0.4 is 5.32 Å². The first kappa shape index (κ1) is 22.9. The van der Waals surface area contributed by atoms with Crippen molar-refractivity contribution in [2.75, 3.05) is 32.9 Å². The Kier molecular flexibility index (Phi) is 7.64. The Bertz CT molecular complexity index is 853. The summed E-state index contributed by atoms with van der Waals surface area (Å²) in [6.45, 7) is 4.11. The van der Waals surface area contributed by atoms with Crippen molar-refractivity contribution >= 4 is 5.91 Å². The lowest BCUT2D eigenvalue weighted by atomic mass is 9.83. The van der Waals surface area contributed by atoms with Crippen molar-refractivity contribution in [2.24, 2.45) is 5.92 Å². The van der Waals surface area contributed by atoms with Gasteiger partial charge in [0.05, 0.1) is 38.6 Å². The van der Waals surface area contributed by atoms with Gasteiger partial charge in [-0.15, -0.1) is 0 Å². The molecular weight excluding hydrogens is 416 g/mol. The van der Waals surface area contributed by atoms with E-state index in [0.717, 1.165) is 31.1 Å². The minimum absolute atomic E-state index is 0.0831. The average molecular weight is 455 g/mol. The van der Waals surface area contributed by atoms with Crippen LogP contribution in [0.25, 0.3) is 11.3 Å². The molecule has 0 spiro atoms. The fourth-order valence-electron chi connectivity index (χ4n) is 5.89. The van der Waals surface area contributed by atoms with Crippen molar-refractivity contribution < 1.29 is 18.7 Å². The van der Waals surface area contributed by atoms with Crippen LogP contribution in [-0.2, 0) is 14.3 Å². The highest BCUT2D eigenvalue weighted by Crippen LogP contribution is 2.36. The maximum atomic E-state index is 12.4. The lowest BCUT2D eigenvalue weighted by Gasteiger charge is -2.37. The molecule has 0 bridgehead atoms. The topological polar surface area (TPSA) is 63.9 Å². The van der Waals surface area contributed by atoms with Gasteiger partial charge in [-0.25, -0.2) is 0 Å². The molecule has 1 saturated carbocycles. The quantitative estimate of drug-likeness (QED) is 0.652. The summed E-state index contributed by atoms with van der Waals surface area (Å²) in [6.07, 6.45) is 12.0. The molecule has 5 rings (SSSR count). The number of ether oxygens (including phenoxy) is 2. The van der Waals surface area contributed by atoms with Crippen LogP contribution >= 0.6 is 0 Å². The van der Waals surface area contributed by atoms with Crippen molar-refractivity contribution in [2.45, 2.75) is 76.0 Å². The number of rotatable bonds is 7. The lowest BCUT2D eigenvalue weighted by molar-refractivity contribution is -0.132. The first-order chi connectivity index (χ1) is 16.2. The Hall–Kier alpha value is -1.89. The fraction of sp³-hybridized carbons (Fsp3) is 0.667. The SMILES string of the molecule is O=C(CC1COCCO1)NC1CCC(CCN2CCCCC2c2coc3cccc-3c2)CC1. The van der Waals surface area contributed by atoms with E-state index >= 15 is 0 Å². The molecule has 0 aromatic heterocycles. The van der Waals surface area contributed by atoms with E-state index < -0.39 is 0 Å². The standard InChI is InChI=1S/C27H38N2O4/c30-27(17-24-19-31-14-15-32-24)28-23-9-7-20(8-10-23)11-13-29-12-2-1-5-25(29)22-16-21-4-3-6-26(21)33-18-22/h3-4,6,16,18,20,23-25H,1-2,5,7-15,17,19H2,(H,28,30). The van der Waals surface area contributed by atoms with Crippen LogP contribution in [0.1, 0.15) is 69.4 Å². The van der Waals surface area contributed by atoms with E-state index in [1.807, 2.05) is 12.3 Å². The Morgan fingerprint density at radius 2 is 2.00 bits per heavy atom. The Labute approximate surface area is 197 Å². The predicted octanol–water partition coefficient (Wildman–Crippen LogP) is 4.78. The van der Waals surface area contributed by atoms with Crippen LogP contribution in [0.3, 0.4) is 0 Å². The first-order valence-electron chi connectivity index (χ1n) is 12.9. The van der Waals surface area contributed by atoms with Crippen LogP contribution in [0.15, 0.2) is 34.9 Å². The van der Waals surface area contributed by atoms with E-state index in [-0.39, 0.29) is 12.0 Å². The van der Waals surface area contributed by atoms with E-state index in [1.165, 1.54) is 56.2 Å². The molecule has 6 nitrogen and oxygen atoms in total. The summed E-state index contributed by atoms with van der Waals surface area (Å²) >= 11 is 0. The zero-order valence-electron chi connectivity index (χ0n) is 19.7. The van der Waals surface area contributed by atoms with Gasteiger partial charge >= 0.3 is 0 Å². The predicted molar refractivity (Wildman–Crippen MR) is 127 cm³/mol. The zero-order chi connectivity index (χ0) is 22.5. The molecule has 2 aliphatic carbocycles. The van der Waals surface area contributed by atoms with Crippen LogP contribution in [-0.4, -0.2) is 55.9 Å². The van der Waals surface area contributed by atoms with Gasteiger partial charge in [0.1, 0.15) is 5.76 Å². The zero-order valence-corrected chi connectivity index (χ0v) is 19.7. The Morgan fingerprint density at radius 1 is 1.09 bits per heavy atom. The summed E-state index contributed by atoms with van der Waals surface area (Å²) in [4.78, 5) is 15.1. The number of carbonyl (C=O) groups excluding carboxylic acids is 1. The number of piperidine rings is 1. The monoisotopic (exact) mass is 454 g/mol. The highest BCUT2D eigenvalue weighted by Gasteiger charge is 2.28. The Balaban J connectivity index is 1.07. The number of hydrogen-bond donors (Lipinski definition) is 1. The second-order valence-electron chi connectivity index (χ2n) is 10.1. The van der Waals surface area contributed by atoms with Gasteiger partial charge in [-0.05, 0) is 76.1 Å². The van der Waals surface area contributed by atoms with E-state index in [4.69, 9.17) is 13.9 Å². The molecule has 1 N–H and O–H groups in total. The van der Waals surface area contributed by atoms with E-state index in [2.05, 4.69) is 28.4 Å². The van der Waals surface area contributed by atoms with Gasteiger partial charge < -0.3 is 19.2 Å². The van der Waals surface area contributed by atoms with E-state index in [0.29, 0.717) is 38.3 Å². The number of nitrogens with one attached hydrogen (secondary N) is 1. The molecular formula is C27H38N2O4. The van der Waals surface area contributed by atoms with Gasteiger partial charge in [-0.2, -0.15) is 0 Å². The minimum Gasteiger partial charge on any atom is -0.464 e. The van der Waals surface area contributed by atoms with Gasteiger partial charge in [0.15, 0.2) is 0 Å². The molecule has 3 fully saturated rings. The summed E-state index contributed by atoms with van der Waals surface area (Å²) in [6, 6.07) is 9.35. The fourth-order valence-corrected chi connectivity index (χ4v) is 5.89. The molecule has 2 atom stereocenters. The van der Waals surface area contributed by atoms with E-state index in [9.17, 15) is 4.79 Å². The average Bonchev–Trinajstić information content (AvgIpc) is 3.32. The summed E-state index contributed by atoms with van der Waals surface area (Å²) in [5, 5.41) is 3.24. The molecule has 2 unspecified atom stereocenters. The number of carbonyl (C=O) groups is 1. The summed E-state index contributed by atoms with van der Waals surface area (Å²) in [5.74, 6) is 1.85. The van der Waals surface area contributed by atoms with Crippen molar-refractivity contribution in [3.63, 3.8) is 0 Å². The second-order valence-corrected chi connectivity index (χ2v) is 10.1. The van der Waals surface area contributed by atoms with Crippen molar-refractivity contribution in [3.05, 3.63) is 36.1 Å². The number of likely N-dealkylation sites (tertiary alicyclic amines) is 1. The molecule has 5 aliphatic rings. The summed E-state index contributed by atoms with van der Waals surface area (Å²) < 4.78 is 16.9. The normalized spacial score (nSPS) is 29.2. The van der Waals surface area contributed by atoms with Gasteiger partial charge in [0.2, 0.25) is 5.91 Å². The second kappa shape index (κ2) is 11.0. The third-order valence-corrected chi connectivity index (χ3v) is 7.78. The molecule has 6 heteroatoms. The Morgan fingerprint density at radius 3 is 2.85 bits per heavy atom. The molecule has 180 valence electrons. The smallest absolute Gasteiger partial charge is 0.222 e. The van der Waals surface area contributed by atoms with Gasteiger partial charge in [0, 0.05) is 23.2 Å². The maximum absolute atomic E-state index is 12.4. The first-order valence-corrected chi connectivity index (χ1v) is 12.9. The molecule has 33 heavy (non-hydrogen) atoms. The van der Waals surface area contributed by atoms with Crippen molar-refractivity contribution in [1.82, 2.24) is 10.2 Å². The number of amides is 1. The summed E-state index contributed by atoms with van der Waals surface area (Å²) in [7, 11) is 0.